The molecule has 150 valence electrons. The zero-order valence-electron chi connectivity index (χ0n) is 17.1. The zero-order chi connectivity index (χ0) is 20.8. The molecule has 0 fully saturated rings. The number of hydrogen-bond donors (Lipinski definition) is 2. The van der Waals surface area contributed by atoms with E-state index in [-0.39, 0.29) is 5.91 Å². The topological polar surface area (TPSA) is 72.5 Å². The van der Waals surface area contributed by atoms with Crippen molar-refractivity contribution in [1.82, 2.24) is 4.98 Å². The molecule has 29 heavy (non-hydrogen) atoms. The van der Waals surface area contributed by atoms with E-state index in [0.717, 1.165) is 17.8 Å². The van der Waals surface area contributed by atoms with Gasteiger partial charge in [-0.1, -0.05) is 31.2 Å². The third kappa shape index (κ3) is 4.48. The van der Waals surface area contributed by atoms with Gasteiger partial charge in [0.2, 0.25) is 0 Å². The fourth-order valence-corrected chi connectivity index (χ4v) is 3.14. The van der Waals surface area contributed by atoms with Gasteiger partial charge in [-0.05, 0) is 48.7 Å². The van der Waals surface area contributed by atoms with Gasteiger partial charge >= 0.3 is 0 Å². The largest absolute Gasteiger partial charge is 0.496 e. The Balaban J connectivity index is 1.78. The quantitative estimate of drug-likeness (QED) is 0.595. The molecule has 0 bridgehead atoms. The first-order valence-electron chi connectivity index (χ1n) is 9.41. The maximum atomic E-state index is 12.8. The van der Waals surface area contributed by atoms with E-state index in [2.05, 4.69) is 47.7 Å². The fourth-order valence-electron chi connectivity index (χ4n) is 3.14. The van der Waals surface area contributed by atoms with Gasteiger partial charge in [0.15, 0.2) is 0 Å². The number of pyridine rings is 1. The first kappa shape index (κ1) is 20.2. The predicted molar refractivity (Wildman–Crippen MR) is 116 cm³/mol. The van der Waals surface area contributed by atoms with Gasteiger partial charge in [0.25, 0.3) is 5.91 Å². The lowest BCUT2D eigenvalue weighted by Gasteiger charge is -2.15. The normalized spacial score (nSPS) is 10.3. The summed E-state index contributed by atoms with van der Waals surface area (Å²) in [7, 11) is 3.03. The van der Waals surface area contributed by atoms with Crippen LogP contribution < -0.4 is 20.1 Å². The van der Waals surface area contributed by atoms with Gasteiger partial charge in [-0.15, -0.1) is 0 Å². The molecule has 1 amide bonds. The maximum Gasteiger partial charge on any atom is 0.264 e. The second-order valence-corrected chi connectivity index (χ2v) is 6.51. The van der Waals surface area contributed by atoms with Crippen LogP contribution in [0, 0.1) is 6.92 Å². The van der Waals surface area contributed by atoms with Gasteiger partial charge in [0, 0.05) is 5.69 Å². The molecule has 2 N–H and O–H groups in total. The summed E-state index contributed by atoms with van der Waals surface area (Å²) in [6, 6.07) is 15.1. The Labute approximate surface area is 170 Å². The minimum atomic E-state index is -0.348. The summed E-state index contributed by atoms with van der Waals surface area (Å²) < 4.78 is 10.6. The number of benzene rings is 2. The van der Waals surface area contributed by atoms with Gasteiger partial charge in [-0.25, -0.2) is 4.98 Å². The van der Waals surface area contributed by atoms with Crippen LogP contribution in [0.5, 0.6) is 11.5 Å². The lowest BCUT2D eigenvalue weighted by molar-refractivity contribution is 0.102. The number of carbonyl (C=O) groups excluding carboxylic acids is 1. The monoisotopic (exact) mass is 391 g/mol. The van der Waals surface area contributed by atoms with Crippen LogP contribution >= 0.6 is 0 Å². The van der Waals surface area contributed by atoms with Crippen LogP contribution in [-0.4, -0.2) is 25.1 Å². The number of methoxy groups -OCH3 is 2. The van der Waals surface area contributed by atoms with Crippen LogP contribution in [0.3, 0.4) is 0 Å². The van der Waals surface area contributed by atoms with E-state index in [4.69, 9.17) is 9.47 Å². The van der Waals surface area contributed by atoms with Crippen LogP contribution in [0.2, 0.25) is 0 Å². The standard InChI is InChI=1S/C23H25N3O3/c1-5-16-9-6-8-15(2)22(16)25-17-12-13-20(24-14-17)26-23(27)21-18(28-3)10-7-11-19(21)29-4/h6-14,25H,5H2,1-4H3,(H,24,26,27). The first-order valence-corrected chi connectivity index (χ1v) is 9.41. The van der Waals surface area contributed by atoms with Crippen molar-refractivity contribution < 1.29 is 14.3 Å². The Kier molecular flexibility index (Phi) is 6.34. The lowest BCUT2D eigenvalue weighted by Crippen LogP contribution is -2.15. The highest BCUT2D eigenvalue weighted by Gasteiger charge is 2.18. The number of ether oxygens (including phenoxy) is 2. The molecule has 0 radical (unpaired) electrons. The highest BCUT2D eigenvalue weighted by Crippen LogP contribution is 2.29. The smallest absolute Gasteiger partial charge is 0.264 e. The summed E-state index contributed by atoms with van der Waals surface area (Å²) in [6.07, 6.45) is 2.63. The third-order valence-corrected chi connectivity index (χ3v) is 4.67. The molecular formula is C23H25N3O3. The predicted octanol–water partition coefficient (Wildman–Crippen LogP) is 4.97. The minimum Gasteiger partial charge on any atom is -0.496 e. The van der Waals surface area contributed by atoms with Crippen LogP contribution in [-0.2, 0) is 6.42 Å². The Morgan fingerprint density at radius 3 is 2.28 bits per heavy atom. The molecule has 3 rings (SSSR count). The number of hydrogen-bond acceptors (Lipinski definition) is 5. The van der Waals surface area contributed by atoms with Gasteiger partial charge in [0.1, 0.15) is 22.9 Å². The molecule has 0 saturated carbocycles. The van der Waals surface area contributed by atoms with E-state index in [1.807, 2.05) is 6.07 Å². The number of anilines is 3. The Morgan fingerprint density at radius 2 is 1.69 bits per heavy atom. The van der Waals surface area contributed by atoms with Crippen LogP contribution in [0.4, 0.5) is 17.2 Å². The van der Waals surface area contributed by atoms with E-state index < -0.39 is 0 Å². The number of nitrogens with zero attached hydrogens (tertiary/aromatic N) is 1. The molecule has 6 nitrogen and oxygen atoms in total. The number of aromatic nitrogens is 1. The highest BCUT2D eigenvalue weighted by atomic mass is 16.5. The van der Waals surface area contributed by atoms with E-state index in [1.54, 1.807) is 30.5 Å². The maximum absolute atomic E-state index is 12.8. The highest BCUT2D eigenvalue weighted by molar-refractivity contribution is 6.07. The van der Waals surface area contributed by atoms with Crippen molar-refractivity contribution in [1.29, 1.82) is 0 Å². The molecule has 2 aromatic carbocycles. The van der Waals surface area contributed by atoms with Crippen LogP contribution in [0.15, 0.2) is 54.7 Å². The van der Waals surface area contributed by atoms with Crippen molar-refractivity contribution in [2.75, 3.05) is 24.9 Å². The fraction of sp³-hybridized carbons (Fsp3) is 0.217. The molecule has 0 aliphatic heterocycles. The van der Waals surface area contributed by atoms with Gasteiger partial charge in [-0.3, -0.25) is 4.79 Å². The van der Waals surface area contributed by atoms with Crippen LogP contribution in [0.25, 0.3) is 0 Å². The number of amides is 1. The summed E-state index contributed by atoms with van der Waals surface area (Å²) in [5.41, 5.74) is 4.68. The Bertz CT molecular complexity index is 978. The number of nitrogens with one attached hydrogen (secondary N) is 2. The van der Waals surface area contributed by atoms with Crippen molar-refractivity contribution in [2.24, 2.45) is 0 Å². The summed E-state index contributed by atoms with van der Waals surface area (Å²) in [5, 5.41) is 6.22. The summed E-state index contributed by atoms with van der Waals surface area (Å²) in [6.45, 7) is 4.20. The SMILES string of the molecule is CCc1cccc(C)c1Nc1ccc(NC(=O)c2c(OC)cccc2OC)nc1. The van der Waals surface area contributed by atoms with Gasteiger partial charge < -0.3 is 20.1 Å². The molecule has 6 heteroatoms. The molecule has 1 aromatic heterocycles. The Morgan fingerprint density at radius 1 is 1.00 bits per heavy atom. The Hall–Kier alpha value is -3.54. The van der Waals surface area contributed by atoms with Crippen molar-refractivity contribution in [3.05, 3.63) is 71.4 Å². The third-order valence-electron chi connectivity index (χ3n) is 4.67. The van der Waals surface area contributed by atoms with Crippen LogP contribution in [0.1, 0.15) is 28.4 Å². The molecule has 0 spiro atoms. The minimum absolute atomic E-state index is 0.328. The summed E-state index contributed by atoms with van der Waals surface area (Å²) in [4.78, 5) is 17.1. The number of rotatable bonds is 7. The molecule has 3 aromatic rings. The molecular weight excluding hydrogens is 366 g/mol. The number of carbonyl (C=O) groups is 1. The lowest BCUT2D eigenvalue weighted by atomic mass is 10.1. The first-order chi connectivity index (χ1) is 14.1. The molecule has 0 atom stereocenters. The van der Waals surface area contributed by atoms with E-state index in [1.165, 1.54) is 25.3 Å². The summed E-state index contributed by atoms with van der Waals surface area (Å²) >= 11 is 0. The van der Waals surface area contributed by atoms with Crippen molar-refractivity contribution in [2.45, 2.75) is 20.3 Å². The molecule has 0 saturated heterocycles. The van der Waals surface area contributed by atoms with Crippen molar-refractivity contribution in [3.63, 3.8) is 0 Å². The van der Waals surface area contributed by atoms with E-state index >= 15 is 0 Å². The summed E-state index contributed by atoms with van der Waals surface area (Å²) in [5.74, 6) is 0.965. The molecule has 0 aliphatic rings. The van der Waals surface area contributed by atoms with Gasteiger partial charge in [-0.2, -0.15) is 0 Å². The second kappa shape index (κ2) is 9.10. The van der Waals surface area contributed by atoms with E-state index in [9.17, 15) is 4.79 Å². The van der Waals surface area contributed by atoms with Gasteiger partial charge in [0.05, 0.1) is 26.1 Å². The van der Waals surface area contributed by atoms with E-state index in [0.29, 0.717) is 22.9 Å². The second-order valence-electron chi connectivity index (χ2n) is 6.51. The zero-order valence-corrected chi connectivity index (χ0v) is 17.1. The number of para-hydroxylation sites is 1. The molecule has 0 unspecified atom stereocenters. The average molecular weight is 391 g/mol. The molecule has 0 aliphatic carbocycles. The molecule has 1 heterocycles. The van der Waals surface area contributed by atoms with Crippen molar-refractivity contribution in [3.8, 4) is 11.5 Å². The average Bonchev–Trinajstić information content (AvgIpc) is 2.75. The van der Waals surface area contributed by atoms with Crippen molar-refractivity contribution >= 4 is 23.1 Å². The number of aryl methyl sites for hydroxylation is 2.